The first-order valence-corrected chi connectivity index (χ1v) is 5.70. The van der Waals surface area contributed by atoms with E-state index >= 15 is 0 Å². The minimum Gasteiger partial charge on any atom is -0.352 e. The fourth-order valence-electron chi connectivity index (χ4n) is 1.31. The van der Waals surface area contributed by atoms with Crippen molar-refractivity contribution < 1.29 is 4.79 Å². The van der Waals surface area contributed by atoms with E-state index in [-0.39, 0.29) is 5.91 Å². The molecule has 0 spiro atoms. The molecule has 0 bridgehead atoms. The average Bonchev–Trinajstić information content (AvgIpc) is 2.27. The molecule has 2 nitrogen and oxygen atoms in total. The lowest BCUT2D eigenvalue weighted by Crippen LogP contribution is -2.22. The van der Waals surface area contributed by atoms with Crippen LogP contribution in [0.2, 0.25) is 0 Å². The highest BCUT2D eigenvalue weighted by atomic mass is 16.1. The standard InChI is InChI=1S/C14H19NO/c1-4-15-14(16)13-9-7-12(8-10-13)6-5-11(2)3/h5-11H,4H2,1-3H3,(H,15,16). The number of hydrogen-bond donors (Lipinski definition) is 1. The second-order valence-electron chi connectivity index (χ2n) is 4.08. The summed E-state index contributed by atoms with van der Waals surface area (Å²) in [6.07, 6.45) is 4.22. The van der Waals surface area contributed by atoms with E-state index in [9.17, 15) is 4.79 Å². The molecule has 0 atom stereocenters. The summed E-state index contributed by atoms with van der Waals surface area (Å²) in [4.78, 5) is 11.5. The van der Waals surface area contributed by atoms with Gasteiger partial charge in [-0.3, -0.25) is 4.79 Å². The van der Waals surface area contributed by atoms with Gasteiger partial charge in [-0.25, -0.2) is 0 Å². The maximum absolute atomic E-state index is 11.5. The summed E-state index contributed by atoms with van der Waals surface area (Å²) in [6, 6.07) is 7.63. The number of benzene rings is 1. The van der Waals surface area contributed by atoms with Gasteiger partial charge in [0, 0.05) is 12.1 Å². The zero-order chi connectivity index (χ0) is 12.0. The van der Waals surface area contributed by atoms with E-state index in [0.717, 1.165) is 5.56 Å². The Morgan fingerprint density at radius 1 is 1.31 bits per heavy atom. The molecule has 86 valence electrons. The molecule has 0 aromatic heterocycles. The maximum Gasteiger partial charge on any atom is 0.251 e. The third-order valence-corrected chi connectivity index (χ3v) is 2.18. The van der Waals surface area contributed by atoms with E-state index in [1.54, 1.807) is 0 Å². The smallest absolute Gasteiger partial charge is 0.251 e. The molecule has 0 radical (unpaired) electrons. The monoisotopic (exact) mass is 217 g/mol. The third kappa shape index (κ3) is 3.89. The number of carbonyl (C=O) groups excluding carboxylic acids is 1. The summed E-state index contributed by atoms with van der Waals surface area (Å²) in [6.45, 7) is 6.85. The molecule has 0 aliphatic heterocycles. The molecule has 0 saturated heterocycles. The van der Waals surface area contributed by atoms with Crippen molar-refractivity contribution in [1.29, 1.82) is 0 Å². The molecule has 2 heteroatoms. The summed E-state index contributed by atoms with van der Waals surface area (Å²) < 4.78 is 0. The first-order chi connectivity index (χ1) is 7.63. The van der Waals surface area contributed by atoms with Crippen molar-refractivity contribution in [3.8, 4) is 0 Å². The van der Waals surface area contributed by atoms with Crippen molar-refractivity contribution in [3.05, 3.63) is 41.5 Å². The van der Waals surface area contributed by atoms with Gasteiger partial charge in [-0.1, -0.05) is 38.1 Å². The van der Waals surface area contributed by atoms with Gasteiger partial charge in [0.1, 0.15) is 0 Å². The number of hydrogen-bond acceptors (Lipinski definition) is 1. The highest BCUT2D eigenvalue weighted by Gasteiger charge is 2.02. The van der Waals surface area contributed by atoms with Crippen LogP contribution in [0, 0.1) is 5.92 Å². The number of amides is 1. The van der Waals surface area contributed by atoms with Crippen molar-refractivity contribution in [3.63, 3.8) is 0 Å². The molecular formula is C14H19NO. The SMILES string of the molecule is CCNC(=O)c1ccc(C=CC(C)C)cc1. The largest absolute Gasteiger partial charge is 0.352 e. The Morgan fingerprint density at radius 3 is 2.44 bits per heavy atom. The van der Waals surface area contributed by atoms with Crippen LogP contribution in [-0.2, 0) is 0 Å². The Bertz CT molecular complexity index is 363. The molecule has 1 aromatic rings. The van der Waals surface area contributed by atoms with Gasteiger partial charge in [0.05, 0.1) is 0 Å². The number of nitrogens with one attached hydrogen (secondary N) is 1. The molecule has 1 N–H and O–H groups in total. The van der Waals surface area contributed by atoms with Crippen molar-refractivity contribution in [1.82, 2.24) is 5.32 Å². The first-order valence-electron chi connectivity index (χ1n) is 5.70. The summed E-state index contributed by atoms with van der Waals surface area (Å²) in [5.74, 6) is 0.532. The Morgan fingerprint density at radius 2 is 1.94 bits per heavy atom. The van der Waals surface area contributed by atoms with Gasteiger partial charge in [0.2, 0.25) is 0 Å². The second-order valence-corrected chi connectivity index (χ2v) is 4.08. The molecule has 0 aliphatic carbocycles. The minimum absolute atomic E-state index is 0.0121. The van der Waals surface area contributed by atoms with Gasteiger partial charge < -0.3 is 5.32 Å². The predicted octanol–water partition coefficient (Wildman–Crippen LogP) is 3.11. The summed E-state index contributed by atoms with van der Waals surface area (Å²) in [5.41, 5.74) is 1.84. The van der Waals surface area contributed by atoms with Gasteiger partial charge in [0.15, 0.2) is 0 Å². The Balaban J connectivity index is 2.71. The summed E-state index contributed by atoms with van der Waals surface area (Å²) >= 11 is 0. The highest BCUT2D eigenvalue weighted by molar-refractivity contribution is 5.94. The molecule has 0 aliphatic rings. The van der Waals surface area contributed by atoms with Crippen molar-refractivity contribution in [2.75, 3.05) is 6.54 Å². The summed E-state index contributed by atoms with van der Waals surface area (Å²) in [7, 11) is 0. The minimum atomic E-state index is -0.0121. The lowest BCUT2D eigenvalue weighted by molar-refractivity contribution is 0.0956. The highest BCUT2D eigenvalue weighted by Crippen LogP contribution is 2.08. The molecule has 0 unspecified atom stereocenters. The first kappa shape index (κ1) is 12.5. The van der Waals surface area contributed by atoms with Crippen LogP contribution in [0.3, 0.4) is 0 Å². The lowest BCUT2D eigenvalue weighted by atomic mass is 10.1. The van der Waals surface area contributed by atoms with Crippen LogP contribution in [0.1, 0.15) is 36.7 Å². The van der Waals surface area contributed by atoms with Gasteiger partial charge >= 0.3 is 0 Å². The number of carbonyl (C=O) groups is 1. The molecular weight excluding hydrogens is 198 g/mol. The summed E-state index contributed by atoms with van der Waals surface area (Å²) in [5, 5.41) is 2.77. The van der Waals surface area contributed by atoms with Crippen LogP contribution in [0.5, 0.6) is 0 Å². The normalized spacial score (nSPS) is 11.0. The van der Waals surface area contributed by atoms with Crippen LogP contribution < -0.4 is 5.32 Å². The molecule has 1 rings (SSSR count). The second kappa shape index (κ2) is 6.11. The van der Waals surface area contributed by atoms with E-state index in [1.165, 1.54) is 0 Å². The average molecular weight is 217 g/mol. The molecule has 0 fully saturated rings. The van der Waals surface area contributed by atoms with E-state index in [0.29, 0.717) is 18.0 Å². The quantitative estimate of drug-likeness (QED) is 0.825. The van der Waals surface area contributed by atoms with E-state index in [2.05, 4.69) is 31.3 Å². The van der Waals surface area contributed by atoms with Gasteiger partial charge in [-0.15, -0.1) is 0 Å². The van der Waals surface area contributed by atoms with Gasteiger partial charge in [0.25, 0.3) is 5.91 Å². The molecule has 0 heterocycles. The molecule has 0 saturated carbocycles. The number of allylic oxidation sites excluding steroid dienone is 1. The van der Waals surface area contributed by atoms with E-state index in [1.807, 2.05) is 31.2 Å². The Hall–Kier alpha value is -1.57. The molecule has 1 amide bonds. The van der Waals surface area contributed by atoms with E-state index < -0.39 is 0 Å². The van der Waals surface area contributed by atoms with Crippen LogP contribution in [0.4, 0.5) is 0 Å². The zero-order valence-electron chi connectivity index (χ0n) is 10.2. The molecule has 1 aromatic carbocycles. The Labute approximate surface area is 97.4 Å². The Kier molecular flexibility index (Phi) is 4.77. The van der Waals surface area contributed by atoms with Crippen LogP contribution >= 0.6 is 0 Å². The van der Waals surface area contributed by atoms with Crippen molar-refractivity contribution in [2.24, 2.45) is 5.92 Å². The predicted molar refractivity (Wildman–Crippen MR) is 68.3 cm³/mol. The number of rotatable bonds is 4. The van der Waals surface area contributed by atoms with Crippen molar-refractivity contribution in [2.45, 2.75) is 20.8 Å². The fraction of sp³-hybridized carbons (Fsp3) is 0.357. The van der Waals surface area contributed by atoms with E-state index in [4.69, 9.17) is 0 Å². The third-order valence-electron chi connectivity index (χ3n) is 2.18. The van der Waals surface area contributed by atoms with Gasteiger partial charge in [-0.2, -0.15) is 0 Å². The zero-order valence-corrected chi connectivity index (χ0v) is 10.2. The molecule has 16 heavy (non-hydrogen) atoms. The maximum atomic E-state index is 11.5. The van der Waals surface area contributed by atoms with Crippen LogP contribution in [0.25, 0.3) is 6.08 Å². The topological polar surface area (TPSA) is 29.1 Å². The van der Waals surface area contributed by atoms with Crippen LogP contribution in [-0.4, -0.2) is 12.5 Å². The lowest BCUT2D eigenvalue weighted by Gasteiger charge is -2.02. The van der Waals surface area contributed by atoms with Gasteiger partial charge in [-0.05, 0) is 30.5 Å². The van der Waals surface area contributed by atoms with Crippen LogP contribution in [0.15, 0.2) is 30.3 Å². The van der Waals surface area contributed by atoms with Crippen molar-refractivity contribution >= 4 is 12.0 Å². The fourth-order valence-corrected chi connectivity index (χ4v) is 1.31.